The number of hydrogen-bond donors (Lipinski definition) is 1. The van der Waals surface area contributed by atoms with Crippen LogP contribution >= 0.6 is 11.3 Å². The summed E-state index contributed by atoms with van der Waals surface area (Å²) in [6.45, 7) is 0.414. The minimum absolute atomic E-state index is 0.110. The average Bonchev–Trinajstić information content (AvgIpc) is 3.12. The molecular formula is C13H14N4O2S. The van der Waals surface area contributed by atoms with Crippen molar-refractivity contribution in [2.45, 2.75) is 12.5 Å². The molecule has 3 rings (SSSR count). The summed E-state index contributed by atoms with van der Waals surface area (Å²) in [5.41, 5.74) is 7.40. The topological polar surface area (TPSA) is 87.1 Å². The Kier molecular flexibility index (Phi) is 3.72. The molecule has 0 amide bonds. The molecule has 20 heavy (non-hydrogen) atoms. The number of rotatable bonds is 5. The Morgan fingerprint density at radius 1 is 1.50 bits per heavy atom. The molecule has 0 saturated heterocycles. The molecule has 0 bridgehead atoms. The first-order valence-electron chi connectivity index (χ1n) is 6.19. The highest BCUT2D eigenvalue weighted by molar-refractivity contribution is 7.17. The van der Waals surface area contributed by atoms with Gasteiger partial charge in [0.2, 0.25) is 11.7 Å². The first kappa shape index (κ1) is 13.2. The Bertz CT molecular complexity index is 705. The van der Waals surface area contributed by atoms with Crippen LogP contribution in [0.1, 0.15) is 5.89 Å². The molecule has 1 atom stereocenters. The summed E-state index contributed by atoms with van der Waals surface area (Å²) in [6.07, 6.45) is 2.15. The summed E-state index contributed by atoms with van der Waals surface area (Å²) in [7, 11) is 1.61. The van der Waals surface area contributed by atoms with E-state index in [4.69, 9.17) is 15.0 Å². The minimum atomic E-state index is -0.110. The Morgan fingerprint density at radius 3 is 3.20 bits per heavy atom. The fourth-order valence-corrected chi connectivity index (χ4v) is 2.66. The molecule has 0 aromatic carbocycles. The van der Waals surface area contributed by atoms with Crippen LogP contribution in [0.25, 0.3) is 21.6 Å². The zero-order valence-corrected chi connectivity index (χ0v) is 11.8. The molecule has 3 heterocycles. The van der Waals surface area contributed by atoms with E-state index in [0.29, 0.717) is 24.7 Å². The first-order chi connectivity index (χ1) is 9.80. The third-order valence-electron chi connectivity index (χ3n) is 3.03. The fourth-order valence-electron chi connectivity index (χ4n) is 1.88. The van der Waals surface area contributed by atoms with Gasteiger partial charge in [0.25, 0.3) is 0 Å². The molecule has 2 N–H and O–H groups in total. The van der Waals surface area contributed by atoms with E-state index in [0.717, 1.165) is 15.8 Å². The van der Waals surface area contributed by atoms with Crippen molar-refractivity contribution >= 4 is 21.6 Å². The Morgan fingerprint density at radius 2 is 2.40 bits per heavy atom. The van der Waals surface area contributed by atoms with Gasteiger partial charge in [-0.15, -0.1) is 11.3 Å². The van der Waals surface area contributed by atoms with Gasteiger partial charge in [-0.05, 0) is 17.5 Å². The number of aromatic nitrogens is 3. The van der Waals surface area contributed by atoms with E-state index in [1.807, 2.05) is 17.5 Å². The van der Waals surface area contributed by atoms with E-state index in [1.54, 1.807) is 24.6 Å². The maximum atomic E-state index is 5.58. The van der Waals surface area contributed by atoms with E-state index >= 15 is 0 Å². The SMILES string of the molecule is COC(CN)Cc1nc(-c2cnc3ccsc3c2)no1. The van der Waals surface area contributed by atoms with E-state index in [-0.39, 0.29) is 6.10 Å². The number of pyridine rings is 1. The second kappa shape index (κ2) is 5.66. The summed E-state index contributed by atoms with van der Waals surface area (Å²) < 4.78 is 11.5. The highest BCUT2D eigenvalue weighted by Gasteiger charge is 2.14. The quantitative estimate of drug-likeness (QED) is 0.771. The maximum Gasteiger partial charge on any atom is 0.229 e. The lowest BCUT2D eigenvalue weighted by Crippen LogP contribution is -2.24. The second-order valence-corrected chi connectivity index (χ2v) is 5.28. The van der Waals surface area contributed by atoms with Gasteiger partial charge >= 0.3 is 0 Å². The van der Waals surface area contributed by atoms with Crippen LogP contribution in [0.2, 0.25) is 0 Å². The number of fused-ring (bicyclic) bond motifs is 1. The van der Waals surface area contributed by atoms with Gasteiger partial charge in [-0.25, -0.2) is 0 Å². The van der Waals surface area contributed by atoms with Crippen molar-refractivity contribution in [2.24, 2.45) is 5.73 Å². The lowest BCUT2D eigenvalue weighted by atomic mass is 10.2. The molecule has 0 aliphatic rings. The Balaban J connectivity index is 1.85. The predicted octanol–water partition coefficient (Wildman–Crippen LogP) is 1.86. The van der Waals surface area contributed by atoms with Crippen LogP contribution in [-0.4, -0.2) is 34.9 Å². The zero-order chi connectivity index (χ0) is 13.9. The van der Waals surface area contributed by atoms with Gasteiger partial charge < -0.3 is 15.0 Å². The third kappa shape index (κ3) is 2.55. The molecule has 3 aromatic rings. The normalized spacial score (nSPS) is 12.9. The molecule has 0 fully saturated rings. The number of nitrogens with two attached hydrogens (primary N) is 1. The van der Waals surface area contributed by atoms with E-state index in [2.05, 4.69) is 15.1 Å². The monoisotopic (exact) mass is 290 g/mol. The van der Waals surface area contributed by atoms with Crippen molar-refractivity contribution in [3.63, 3.8) is 0 Å². The second-order valence-electron chi connectivity index (χ2n) is 4.34. The van der Waals surface area contributed by atoms with E-state index in [1.165, 1.54) is 0 Å². The summed E-state index contributed by atoms with van der Waals surface area (Å²) in [4.78, 5) is 8.72. The average molecular weight is 290 g/mol. The number of methoxy groups -OCH3 is 1. The van der Waals surface area contributed by atoms with Crippen molar-refractivity contribution in [1.29, 1.82) is 0 Å². The molecule has 3 aromatic heterocycles. The maximum absolute atomic E-state index is 5.58. The summed E-state index contributed by atoms with van der Waals surface area (Å²) >= 11 is 1.64. The molecule has 104 valence electrons. The van der Waals surface area contributed by atoms with Gasteiger partial charge in [0.05, 0.1) is 22.7 Å². The lowest BCUT2D eigenvalue weighted by molar-refractivity contribution is 0.102. The van der Waals surface area contributed by atoms with Crippen LogP contribution in [0.3, 0.4) is 0 Å². The van der Waals surface area contributed by atoms with Gasteiger partial charge in [0.1, 0.15) is 0 Å². The molecular weight excluding hydrogens is 276 g/mol. The standard InChI is InChI=1S/C13H14N4O2S/c1-18-9(6-14)5-12-16-13(17-19-12)8-4-11-10(15-7-8)2-3-20-11/h2-4,7,9H,5-6,14H2,1H3. The summed E-state index contributed by atoms with van der Waals surface area (Å²) in [5, 5.41) is 5.99. The minimum Gasteiger partial charge on any atom is -0.380 e. The summed E-state index contributed by atoms with van der Waals surface area (Å²) in [5.74, 6) is 1.05. The van der Waals surface area contributed by atoms with Gasteiger partial charge in [-0.2, -0.15) is 4.98 Å². The van der Waals surface area contributed by atoms with Gasteiger partial charge in [-0.1, -0.05) is 5.16 Å². The van der Waals surface area contributed by atoms with E-state index in [9.17, 15) is 0 Å². The molecule has 0 aliphatic carbocycles. The molecule has 0 spiro atoms. The number of ether oxygens (including phenoxy) is 1. The zero-order valence-electron chi connectivity index (χ0n) is 10.9. The molecule has 6 nitrogen and oxygen atoms in total. The molecule has 0 saturated carbocycles. The highest BCUT2D eigenvalue weighted by Crippen LogP contribution is 2.24. The van der Waals surface area contributed by atoms with Crippen molar-refractivity contribution in [3.8, 4) is 11.4 Å². The van der Waals surface area contributed by atoms with Gasteiger partial charge in [0, 0.05) is 25.4 Å². The van der Waals surface area contributed by atoms with Crippen LogP contribution < -0.4 is 5.73 Å². The Hall–Kier alpha value is -1.83. The highest BCUT2D eigenvalue weighted by atomic mass is 32.1. The number of hydrogen-bond acceptors (Lipinski definition) is 7. The molecule has 0 radical (unpaired) electrons. The smallest absolute Gasteiger partial charge is 0.229 e. The third-order valence-corrected chi connectivity index (χ3v) is 3.88. The number of thiophene rings is 1. The molecule has 1 unspecified atom stereocenters. The molecule has 7 heteroatoms. The van der Waals surface area contributed by atoms with Crippen molar-refractivity contribution in [3.05, 3.63) is 29.6 Å². The van der Waals surface area contributed by atoms with Crippen molar-refractivity contribution in [2.75, 3.05) is 13.7 Å². The predicted molar refractivity (Wildman–Crippen MR) is 76.5 cm³/mol. The number of nitrogens with zero attached hydrogens (tertiary/aromatic N) is 3. The first-order valence-corrected chi connectivity index (χ1v) is 7.07. The van der Waals surface area contributed by atoms with Crippen LogP contribution in [0.5, 0.6) is 0 Å². The van der Waals surface area contributed by atoms with E-state index < -0.39 is 0 Å². The lowest BCUT2D eigenvalue weighted by Gasteiger charge is -2.08. The Labute approximate surface area is 119 Å². The summed E-state index contributed by atoms with van der Waals surface area (Å²) in [6, 6.07) is 3.99. The molecule has 0 aliphatic heterocycles. The van der Waals surface area contributed by atoms with Crippen molar-refractivity contribution in [1.82, 2.24) is 15.1 Å². The van der Waals surface area contributed by atoms with Crippen LogP contribution in [0, 0.1) is 0 Å². The van der Waals surface area contributed by atoms with Crippen LogP contribution in [0.15, 0.2) is 28.2 Å². The fraction of sp³-hybridized carbons (Fsp3) is 0.308. The van der Waals surface area contributed by atoms with Gasteiger partial charge in [-0.3, -0.25) is 4.98 Å². The van der Waals surface area contributed by atoms with Crippen LogP contribution in [-0.2, 0) is 11.2 Å². The van der Waals surface area contributed by atoms with Crippen molar-refractivity contribution < 1.29 is 9.26 Å². The van der Waals surface area contributed by atoms with Gasteiger partial charge in [0.15, 0.2) is 0 Å². The largest absolute Gasteiger partial charge is 0.380 e. The van der Waals surface area contributed by atoms with Crippen LogP contribution in [0.4, 0.5) is 0 Å².